The second kappa shape index (κ2) is 12.2. The van der Waals surface area contributed by atoms with Gasteiger partial charge in [0.25, 0.3) is 0 Å². The number of rotatable bonds is 11. The van der Waals surface area contributed by atoms with Crippen LogP contribution in [0.5, 0.6) is 11.5 Å². The van der Waals surface area contributed by atoms with E-state index in [4.69, 9.17) is 19.4 Å². The fourth-order valence-corrected chi connectivity index (χ4v) is 6.35. The summed E-state index contributed by atoms with van der Waals surface area (Å²) >= 11 is 0. The van der Waals surface area contributed by atoms with Crippen molar-refractivity contribution in [3.63, 3.8) is 0 Å². The van der Waals surface area contributed by atoms with Crippen molar-refractivity contribution >= 4 is 34.7 Å². The zero-order valence-corrected chi connectivity index (χ0v) is 24.5. The van der Waals surface area contributed by atoms with Crippen LogP contribution in [0.4, 0.5) is 11.8 Å². The Morgan fingerprint density at radius 3 is 2.37 bits per heavy atom. The molecule has 2 aromatic heterocycles. The molecule has 3 saturated heterocycles. The van der Waals surface area contributed by atoms with Gasteiger partial charge in [0.15, 0.2) is 28.5 Å². The quantitative estimate of drug-likeness (QED) is 0.332. The molecule has 6 heterocycles. The molecule has 0 spiro atoms. The van der Waals surface area contributed by atoms with Crippen LogP contribution in [0.2, 0.25) is 0 Å². The molecule has 7 rings (SSSR count). The van der Waals surface area contributed by atoms with Gasteiger partial charge in [-0.3, -0.25) is 14.5 Å². The molecule has 43 heavy (non-hydrogen) atoms. The van der Waals surface area contributed by atoms with E-state index in [2.05, 4.69) is 32.2 Å². The Morgan fingerprint density at radius 1 is 0.837 bits per heavy atom. The fraction of sp³-hybridized carbons (Fsp3) is 0.567. The number of imidazole rings is 1. The maximum atomic E-state index is 12.2. The molecule has 0 radical (unpaired) electrons. The Kier molecular flexibility index (Phi) is 7.88. The smallest absolute Gasteiger partial charge is 0.231 e. The van der Waals surface area contributed by atoms with Crippen molar-refractivity contribution in [1.29, 1.82) is 0 Å². The summed E-state index contributed by atoms with van der Waals surface area (Å²) in [5, 5.41) is 3.50. The molecular weight excluding hydrogens is 550 g/mol. The van der Waals surface area contributed by atoms with Gasteiger partial charge >= 0.3 is 0 Å². The SMILES string of the molecule is O=C1CCCN1CCCNc1nc(N2CCN(Cc3ccc4c(c3)OCO4)CC2)nc2c1ncn2CCN1CCCC1=O. The Bertz CT molecular complexity index is 1490. The first kappa shape index (κ1) is 27.7. The van der Waals surface area contributed by atoms with Crippen LogP contribution < -0.4 is 19.7 Å². The lowest BCUT2D eigenvalue weighted by Gasteiger charge is -2.35. The number of hydrogen-bond acceptors (Lipinski definition) is 10. The van der Waals surface area contributed by atoms with Gasteiger partial charge < -0.3 is 34.1 Å². The number of ether oxygens (including phenoxy) is 2. The number of fused-ring (bicyclic) bond motifs is 2. The number of benzene rings is 1. The van der Waals surface area contributed by atoms with E-state index in [9.17, 15) is 9.59 Å². The van der Waals surface area contributed by atoms with Crippen molar-refractivity contribution in [3.05, 3.63) is 30.1 Å². The molecular formula is C30H39N9O4. The van der Waals surface area contributed by atoms with Gasteiger partial charge in [0.2, 0.25) is 24.6 Å². The number of nitrogens with one attached hydrogen (secondary N) is 1. The second-order valence-corrected chi connectivity index (χ2v) is 11.7. The van der Waals surface area contributed by atoms with Gasteiger partial charge in [-0.15, -0.1) is 0 Å². The highest BCUT2D eigenvalue weighted by molar-refractivity contribution is 5.84. The summed E-state index contributed by atoms with van der Waals surface area (Å²) in [6.07, 6.45) is 5.81. The molecule has 2 amide bonds. The summed E-state index contributed by atoms with van der Waals surface area (Å²) in [4.78, 5) is 47.4. The molecule has 0 atom stereocenters. The number of amides is 2. The molecule has 1 aromatic carbocycles. The van der Waals surface area contributed by atoms with Gasteiger partial charge in [-0.25, -0.2) is 4.98 Å². The summed E-state index contributed by atoms with van der Waals surface area (Å²) in [7, 11) is 0. The molecule has 1 N–H and O–H groups in total. The first-order valence-electron chi connectivity index (χ1n) is 15.5. The highest BCUT2D eigenvalue weighted by Gasteiger charge is 2.25. The highest BCUT2D eigenvalue weighted by Crippen LogP contribution is 2.33. The van der Waals surface area contributed by atoms with Gasteiger partial charge in [-0.2, -0.15) is 9.97 Å². The number of likely N-dealkylation sites (tertiary alicyclic amines) is 2. The lowest BCUT2D eigenvalue weighted by Crippen LogP contribution is -2.46. The number of nitrogens with zero attached hydrogens (tertiary/aromatic N) is 8. The number of piperazine rings is 1. The Labute approximate surface area is 250 Å². The number of carbonyl (C=O) groups is 2. The van der Waals surface area contributed by atoms with E-state index in [0.29, 0.717) is 44.2 Å². The number of hydrogen-bond donors (Lipinski definition) is 1. The molecule has 0 bridgehead atoms. The van der Waals surface area contributed by atoms with Crippen molar-refractivity contribution in [2.24, 2.45) is 0 Å². The van der Waals surface area contributed by atoms with Crippen LogP contribution >= 0.6 is 0 Å². The first-order valence-corrected chi connectivity index (χ1v) is 15.5. The van der Waals surface area contributed by atoms with Crippen LogP contribution in [0.25, 0.3) is 11.2 Å². The summed E-state index contributed by atoms with van der Waals surface area (Å²) in [6.45, 7) is 8.91. The van der Waals surface area contributed by atoms with Crippen molar-refractivity contribution in [1.82, 2.24) is 34.2 Å². The first-order chi connectivity index (χ1) is 21.1. The van der Waals surface area contributed by atoms with E-state index >= 15 is 0 Å². The van der Waals surface area contributed by atoms with Crippen LogP contribution in [-0.4, -0.2) is 112 Å². The van der Waals surface area contributed by atoms with Crippen LogP contribution in [0.1, 0.15) is 37.7 Å². The third-order valence-electron chi connectivity index (χ3n) is 8.80. The minimum Gasteiger partial charge on any atom is -0.454 e. The predicted molar refractivity (Wildman–Crippen MR) is 160 cm³/mol. The Balaban J connectivity index is 1.04. The number of carbonyl (C=O) groups excluding carboxylic acids is 2. The van der Waals surface area contributed by atoms with Crippen molar-refractivity contribution in [3.8, 4) is 11.5 Å². The van der Waals surface area contributed by atoms with Crippen molar-refractivity contribution in [2.75, 3.05) is 75.9 Å². The lowest BCUT2D eigenvalue weighted by atomic mass is 10.1. The average Bonchev–Trinajstić information content (AvgIpc) is 3.83. The summed E-state index contributed by atoms with van der Waals surface area (Å²) < 4.78 is 13.0. The van der Waals surface area contributed by atoms with Gasteiger partial charge in [0, 0.05) is 84.8 Å². The summed E-state index contributed by atoms with van der Waals surface area (Å²) in [6, 6.07) is 6.16. The lowest BCUT2D eigenvalue weighted by molar-refractivity contribution is -0.128. The monoisotopic (exact) mass is 589 g/mol. The summed E-state index contributed by atoms with van der Waals surface area (Å²) in [5.74, 6) is 3.49. The highest BCUT2D eigenvalue weighted by atomic mass is 16.7. The maximum absolute atomic E-state index is 12.2. The normalized spacial score (nSPS) is 18.9. The molecule has 3 aromatic rings. The molecule has 4 aliphatic heterocycles. The zero-order chi connectivity index (χ0) is 29.2. The average molecular weight is 590 g/mol. The van der Waals surface area contributed by atoms with Crippen LogP contribution in [-0.2, 0) is 22.7 Å². The molecule has 0 saturated carbocycles. The molecule has 0 unspecified atom stereocenters. The zero-order valence-electron chi connectivity index (χ0n) is 24.5. The van der Waals surface area contributed by atoms with E-state index in [1.54, 1.807) is 6.33 Å². The van der Waals surface area contributed by atoms with Crippen molar-refractivity contribution < 1.29 is 19.1 Å². The van der Waals surface area contributed by atoms with Crippen molar-refractivity contribution in [2.45, 2.75) is 45.2 Å². The van der Waals surface area contributed by atoms with E-state index in [1.165, 1.54) is 5.56 Å². The topological polar surface area (TPSA) is 121 Å². The number of aromatic nitrogens is 4. The third-order valence-corrected chi connectivity index (χ3v) is 8.80. The number of anilines is 2. The van der Waals surface area contributed by atoms with Gasteiger partial charge in [0.1, 0.15) is 0 Å². The maximum Gasteiger partial charge on any atom is 0.231 e. The Morgan fingerprint density at radius 2 is 1.60 bits per heavy atom. The van der Waals surface area contributed by atoms with E-state index in [-0.39, 0.29) is 18.6 Å². The Hall–Kier alpha value is -4.13. The van der Waals surface area contributed by atoms with Crippen LogP contribution in [0, 0.1) is 0 Å². The standard InChI is InChI=1S/C30H39N9O4/c40-25-4-1-9-36(25)11-3-8-31-28-27-29(39(20-32-27)17-16-37-10-2-5-26(37)41)34-30(33-28)38-14-12-35(13-15-38)19-22-6-7-23-24(18-22)43-21-42-23/h6-7,18,20H,1-5,8-17,19,21H2,(H,31,33,34). The van der Waals surface area contributed by atoms with E-state index in [1.807, 2.05) is 20.4 Å². The molecule has 13 nitrogen and oxygen atoms in total. The minimum absolute atomic E-state index is 0.220. The minimum atomic E-state index is 0.220. The summed E-state index contributed by atoms with van der Waals surface area (Å²) in [5.41, 5.74) is 2.71. The molecule has 228 valence electrons. The molecule has 3 fully saturated rings. The third kappa shape index (κ3) is 6.03. The molecule has 4 aliphatic rings. The van der Waals surface area contributed by atoms with Gasteiger partial charge in [0.05, 0.1) is 6.33 Å². The van der Waals surface area contributed by atoms with Gasteiger partial charge in [-0.1, -0.05) is 6.07 Å². The molecule has 13 heteroatoms. The van der Waals surface area contributed by atoms with Gasteiger partial charge in [-0.05, 0) is 37.0 Å². The predicted octanol–water partition coefficient (Wildman–Crippen LogP) is 1.92. The van der Waals surface area contributed by atoms with Crippen LogP contribution in [0.3, 0.4) is 0 Å². The largest absolute Gasteiger partial charge is 0.454 e. The molecule has 0 aliphatic carbocycles. The van der Waals surface area contributed by atoms with E-state index < -0.39 is 0 Å². The fourth-order valence-electron chi connectivity index (χ4n) is 6.35. The van der Waals surface area contributed by atoms with Crippen LogP contribution in [0.15, 0.2) is 24.5 Å². The van der Waals surface area contributed by atoms with E-state index in [0.717, 1.165) is 94.3 Å². The second-order valence-electron chi connectivity index (χ2n) is 11.7.